The van der Waals surface area contributed by atoms with Gasteiger partial charge < -0.3 is 14.6 Å². The highest BCUT2D eigenvalue weighted by Crippen LogP contribution is 2.27. The summed E-state index contributed by atoms with van der Waals surface area (Å²) in [5.41, 5.74) is 1.75. The van der Waals surface area contributed by atoms with Crippen LogP contribution in [0.5, 0.6) is 5.75 Å². The Kier molecular flexibility index (Phi) is 6.79. The first-order valence-corrected chi connectivity index (χ1v) is 9.62. The Balaban J connectivity index is 1.77. The zero-order valence-electron chi connectivity index (χ0n) is 16.8. The summed E-state index contributed by atoms with van der Waals surface area (Å²) >= 11 is 0. The molecular weight excluding hydrogens is 366 g/mol. The minimum atomic E-state index is -0.375. The van der Waals surface area contributed by atoms with Gasteiger partial charge in [0.2, 0.25) is 17.6 Å². The molecular formula is C23H25N3O3. The van der Waals surface area contributed by atoms with Gasteiger partial charge in [0, 0.05) is 11.6 Å². The molecule has 1 heterocycles. The van der Waals surface area contributed by atoms with E-state index in [2.05, 4.69) is 22.4 Å². The van der Waals surface area contributed by atoms with E-state index in [-0.39, 0.29) is 17.9 Å². The molecule has 0 unspecified atom stereocenters. The largest absolute Gasteiger partial charge is 0.497 e. The molecule has 1 amide bonds. The van der Waals surface area contributed by atoms with Crippen molar-refractivity contribution in [2.45, 2.75) is 26.3 Å². The third-order valence-electron chi connectivity index (χ3n) is 4.77. The molecule has 0 spiro atoms. The van der Waals surface area contributed by atoms with Crippen molar-refractivity contribution in [3.8, 4) is 17.1 Å². The second kappa shape index (κ2) is 9.68. The number of benzene rings is 2. The van der Waals surface area contributed by atoms with Crippen molar-refractivity contribution >= 4 is 12.0 Å². The molecule has 0 aliphatic heterocycles. The van der Waals surface area contributed by atoms with Crippen LogP contribution in [-0.2, 0) is 4.79 Å². The lowest BCUT2D eigenvalue weighted by atomic mass is 9.99. The smallest absolute Gasteiger partial charge is 0.249 e. The summed E-state index contributed by atoms with van der Waals surface area (Å²) in [7, 11) is 1.61. The van der Waals surface area contributed by atoms with E-state index in [4.69, 9.17) is 9.26 Å². The number of nitrogens with one attached hydrogen (secondary N) is 1. The monoisotopic (exact) mass is 391 g/mol. The summed E-state index contributed by atoms with van der Waals surface area (Å²) in [5.74, 6) is 1.48. The molecule has 1 N–H and O–H groups in total. The lowest BCUT2D eigenvalue weighted by Gasteiger charge is -2.19. The minimum Gasteiger partial charge on any atom is -0.497 e. The van der Waals surface area contributed by atoms with Crippen LogP contribution in [0.3, 0.4) is 0 Å². The van der Waals surface area contributed by atoms with E-state index in [1.54, 1.807) is 13.2 Å². The molecule has 0 radical (unpaired) electrons. The third-order valence-corrected chi connectivity index (χ3v) is 4.77. The standard InChI is InChI=1S/C23H25N3O3/c1-4-16(2)21(24-20(27)14-13-17-9-6-5-7-10-17)23-25-22(26-29-23)18-11-8-12-19(15-18)28-3/h5-16,21H,4H2,1-3H3,(H,24,27)/b14-13+/t16-,21+/m1/s1. The molecule has 29 heavy (non-hydrogen) atoms. The molecule has 3 aromatic rings. The highest BCUT2D eigenvalue weighted by Gasteiger charge is 2.26. The van der Waals surface area contributed by atoms with Crippen molar-refractivity contribution in [3.63, 3.8) is 0 Å². The summed E-state index contributed by atoms with van der Waals surface area (Å²) in [5, 5.41) is 7.08. The molecule has 0 saturated carbocycles. The van der Waals surface area contributed by atoms with Gasteiger partial charge in [-0.2, -0.15) is 4.98 Å². The molecule has 2 aromatic carbocycles. The number of methoxy groups -OCH3 is 1. The van der Waals surface area contributed by atoms with Crippen molar-refractivity contribution in [1.82, 2.24) is 15.5 Å². The van der Waals surface area contributed by atoms with Gasteiger partial charge in [-0.3, -0.25) is 4.79 Å². The van der Waals surface area contributed by atoms with Crippen LogP contribution in [0.15, 0.2) is 65.2 Å². The maximum Gasteiger partial charge on any atom is 0.249 e. The van der Waals surface area contributed by atoms with Crippen LogP contribution in [0.25, 0.3) is 17.5 Å². The van der Waals surface area contributed by atoms with E-state index < -0.39 is 0 Å². The molecule has 2 atom stereocenters. The van der Waals surface area contributed by atoms with Gasteiger partial charge in [0.05, 0.1) is 7.11 Å². The number of aromatic nitrogens is 2. The molecule has 0 bridgehead atoms. The number of carbonyl (C=O) groups is 1. The average Bonchev–Trinajstić information content (AvgIpc) is 3.26. The van der Waals surface area contributed by atoms with E-state index in [1.807, 2.05) is 61.5 Å². The van der Waals surface area contributed by atoms with Crippen LogP contribution in [0.4, 0.5) is 0 Å². The van der Waals surface area contributed by atoms with E-state index >= 15 is 0 Å². The Morgan fingerprint density at radius 3 is 2.72 bits per heavy atom. The fourth-order valence-electron chi connectivity index (χ4n) is 2.86. The second-order valence-corrected chi connectivity index (χ2v) is 6.80. The molecule has 1 aromatic heterocycles. The van der Waals surface area contributed by atoms with Crippen LogP contribution in [0.2, 0.25) is 0 Å². The van der Waals surface area contributed by atoms with E-state index in [0.717, 1.165) is 17.5 Å². The van der Waals surface area contributed by atoms with Gasteiger partial charge in [-0.05, 0) is 29.7 Å². The van der Waals surface area contributed by atoms with Crippen molar-refractivity contribution in [1.29, 1.82) is 0 Å². The number of hydrogen-bond acceptors (Lipinski definition) is 5. The Labute approximate surface area is 170 Å². The number of carbonyl (C=O) groups excluding carboxylic acids is 1. The predicted octanol–water partition coefficient (Wildman–Crippen LogP) is 4.66. The summed E-state index contributed by atoms with van der Waals surface area (Å²) in [6.07, 6.45) is 4.15. The first-order valence-electron chi connectivity index (χ1n) is 9.62. The molecule has 6 heteroatoms. The van der Waals surface area contributed by atoms with Crippen LogP contribution < -0.4 is 10.1 Å². The summed E-state index contributed by atoms with van der Waals surface area (Å²) in [4.78, 5) is 17.0. The SMILES string of the molecule is CC[C@@H](C)[C@H](NC(=O)/C=C/c1ccccc1)c1nc(-c2cccc(OC)c2)no1. The lowest BCUT2D eigenvalue weighted by molar-refractivity contribution is -0.117. The number of amides is 1. The molecule has 0 fully saturated rings. The molecule has 6 nitrogen and oxygen atoms in total. The molecule has 0 aliphatic rings. The Bertz CT molecular complexity index is 966. The van der Waals surface area contributed by atoms with Gasteiger partial charge in [0.25, 0.3) is 0 Å². The minimum absolute atomic E-state index is 0.127. The lowest BCUT2D eigenvalue weighted by Crippen LogP contribution is -2.31. The van der Waals surface area contributed by atoms with Crippen molar-refractivity contribution in [3.05, 3.63) is 72.1 Å². The second-order valence-electron chi connectivity index (χ2n) is 6.80. The first-order chi connectivity index (χ1) is 14.1. The van der Waals surface area contributed by atoms with Crippen LogP contribution in [-0.4, -0.2) is 23.2 Å². The zero-order chi connectivity index (χ0) is 20.6. The van der Waals surface area contributed by atoms with Gasteiger partial charge in [0.1, 0.15) is 11.8 Å². The fraction of sp³-hybridized carbons (Fsp3) is 0.261. The van der Waals surface area contributed by atoms with Gasteiger partial charge in [-0.25, -0.2) is 0 Å². The zero-order valence-corrected chi connectivity index (χ0v) is 16.8. The molecule has 0 aliphatic carbocycles. The third kappa shape index (κ3) is 5.31. The molecule has 3 rings (SSSR count). The van der Waals surface area contributed by atoms with Crippen LogP contribution in [0, 0.1) is 5.92 Å². The Morgan fingerprint density at radius 2 is 2.00 bits per heavy atom. The van der Waals surface area contributed by atoms with Crippen LogP contribution >= 0.6 is 0 Å². The number of nitrogens with zero attached hydrogens (tertiary/aromatic N) is 2. The van der Waals surface area contributed by atoms with Crippen molar-refractivity contribution in [2.75, 3.05) is 7.11 Å². The van der Waals surface area contributed by atoms with Gasteiger partial charge in [-0.15, -0.1) is 0 Å². The van der Waals surface area contributed by atoms with E-state index in [9.17, 15) is 4.79 Å². The Morgan fingerprint density at radius 1 is 1.21 bits per heavy atom. The summed E-state index contributed by atoms with van der Waals surface area (Å²) in [6, 6.07) is 16.7. The van der Waals surface area contributed by atoms with Crippen molar-refractivity contribution < 1.29 is 14.1 Å². The first kappa shape index (κ1) is 20.3. The summed E-state index contributed by atoms with van der Waals surface area (Å²) < 4.78 is 10.8. The van der Waals surface area contributed by atoms with E-state index in [0.29, 0.717) is 17.5 Å². The van der Waals surface area contributed by atoms with Gasteiger partial charge >= 0.3 is 0 Å². The number of rotatable bonds is 8. The normalized spacial score (nSPS) is 13.2. The summed E-state index contributed by atoms with van der Waals surface area (Å²) in [6.45, 7) is 4.10. The van der Waals surface area contributed by atoms with E-state index in [1.165, 1.54) is 6.08 Å². The Hall–Kier alpha value is -3.41. The highest BCUT2D eigenvalue weighted by molar-refractivity contribution is 5.91. The topological polar surface area (TPSA) is 77.2 Å². The molecule has 150 valence electrons. The maximum atomic E-state index is 12.5. The average molecular weight is 391 g/mol. The quantitative estimate of drug-likeness (QED) is 0.565. The number of hydrogen-bond donors (Lipinski definition) is 1. The van der Waals surface area contributed by atoms with Gasteiger partial charge in [0.15, 0.2) is 0 Å². The van der Waals surface area contributed by atoms with Crippen molar-refractivity contribution in [2.24, 2.45) is 5.92 Å². The predicted molar refractivity (Wildman–Crippen MR) is 112 cm³/mol. The van der Waals surface area contributed by atoms with Crippen LogP contribution in [0.1, 0.15) is 37.8 Å². The maximum absolute atomic E-state index is 12.5. The highest BCUT2D eigenvalue weighted by atomic mass is 16.5. The van der Waals surface area contributed by atoms with Gasteiger partial charge in [-0.1, -0.05) is 67.9 Å². The fourth-order valence-corrected chi connectivity index (χ4v) is 2.86. The number of ether oxygens (including phenoxy) is 1. The molecule has 0 saturated heterocycles.